The van der Waals surface area contributed by atoms with E-state index >= 15 is 0 Å². The van der Waals surface area contributed by atoms with Gasteiger partial charge in [0.1, 0.15) is 6.04 Å². The largest absolute Gasteiger partial charge is 0.350 e. The molecule has 1 atom stereocenters. The van der Waals surface area contributed by atoms with Crippen LogP contribution in [0.3, 0.4) is 0 Å². The number of thiophene rings is 1. The molecule has 6 nitrogen and oxygen atoms in total. The SMILES string of the molecule is Cc1nn(C(C)C(=O)NCc2cccnc2)c(=O)c2c1sc1ccccc12. The molecule has 0 saturated carbocycles. The molecule has 0 bridgehead atoms. The van der Waals surface area contributed by atoms with E-state index in [0.29, 0.717) is 11.9 Å². The van der Waals surface area contributed by atoms with Crippen LogP contribution >= 0.6 is 11.3 Å². The van der Waals surface area contributed by atoms with Crippen molar-refractivity contribution >= 4 is 37.4 Å². The summed E-state index contributed by atoms with van der Waals surface area (Å²) in [6.45, 7) is 3.91. The Morgan fingerprint density at radius 2 is 2.07 bits per heavy atom. The standard InChI is InChI=1S/C20H18N4O2S/c1-12-18-17(15-7-3-4-8-16(15)27-18)20(26)24(23-12)13(2)19(25)22-11-14-6-5-9-21-10-14/h3-10,13H,11H2,1-2H3,(H,22,25). The van der Waals surface area contributed by atoms with Crippen LogP contribution in [0.5, 0.6) is 0 Å². The molecule has 7 heteroatoms. The van der Waals surface area contributed by atoms with E-state index in [1.54, 1.807) is 30.7 Å². The molecule has 0 fully saturated rings. The molecular weight excluding hydrogens is 360 g/mol. The number of benzene rings is 1. The maximum Gasteiger partial charge on any atom is 0.276 e. The van der Waals surface area contributed by atoms with Gasteiger partial charge in [-0.2, -0.15) is 5.10 Å². The molecular formula is C20H18N4O2S. The number of pyridine rings is 1. The van der Waals surface area contributed by atoms with Gasteiger partial charge in [0.2, 0.25) is 5.91 Å². The van der Waals surface area contributed by atoms with E-state index in [4.69, 9.17) is 0 Å². The van der Waals surface area contributed by atoms with E-state index in [2.05, 4.69) is 15.4 Å². The number of nitrogens with zero attached hydrogens (tertiary/aromatic N) is 3. The van der Waals surface area contributed by atoms with Crippen molar-refractivity contribution in [2.24, 2.45) is 0 Å². The van der Waals surface area contributed by atoms with Gasteiger partial charge in [-0.3, -0.25) is 14.6 Å². The van der Waals surface area contributed by atoms with Gasteiger partial charge >= 0.3 is 0 Å². The minimum atomic E-state index is -0.712. The minimum absolute atomic E-state index is 0.239. The van der Waals surface area contributed by atoms with E-state index in [1.807, 2.05) is 43.3 Å². The molecule has 1 aromatic carbocycles. The molecule has 27 heavy (non-hydrogen) atoms. The number of aryl methyl sites for hydroxylation is 1. The monoisotopic (exact) mass is 378 g/mol. The lowest BCUT2D eigenvalue weighted by atomic mass is 10.2. The quantitative estimate of drug-likeness (QED) is 0.592. The molecule has 4 rings (SSSR count). The lowest BCUT2D eigenvalue weighted by Crippen LogP contribution is -2.37. The number of amides is 1. The Hall–Kier alpha value is -3.06. The van der Waals surface area contributed by atoms with Gasteiger partial charge in [-0.1, -0.05) is 24.3 Å². The van der Waals surface area contributed by atoms with Crippen molar-refractivity contribution in [1.82, 2.24) is 20.1 Å². The van der Waals surface area contributed by atoms with E-state index in [9.17, 15) is 9.59 Å². The molecule has 4 aromatic rings. The zero-order valence-corrected chi connectivity index (χ0v) is 15.8. The Balaban J connectivity index is 1.70. The highest BCUT2D eigenvalue weighted by Gasteiger charge is 2.21. The number of hydrogen-bond acceptors (Lipinski definition) is 5. The summed E-state index contributed by atoms with van der Waals surface area (Å²) < 4.78 is 3.21. The Morgan fingerprint density at radius 3 is 2.85 bits per heavy atom. The highest BCUT2D eigenvalue weighted by atomic mass is 32.1. The molecule has 0 radical (unpaired) electrons. The predicted octanol–water partition coefficient (Wildman–Crippen LogP) is 3.19. The van der Waals surface area contributed by atoms with Gasteiger partial charge < -0.3 is 5.32 Å². The van der Waals surface area contributed by atoms with Crippen molar-refractivity contribution in [2.75, 3.05) is 0 Å². The number of fused-ring (bicyclic) bond motifs is 3. The first-order chi connectivity index (χ1) is 13.1. The lowest BCUT2D eigenvalue weighted by Gasteiger charge is -2.15. The average molecular weight is 378 g/mol. The van der Waals surface area contributed by atoms with Gasteiger partial charge in [0, 0.05) is 29.0 Å². The second kappa shape index (κ2) is 6.92. The fourth-order valence-corrected chi connectivity index (χ4v) is 4.23. The lowest BCUT2D eigenvalue weighted by molar-refractivity contribution is -0.124. The summed E-state index contributed by atoms with van der Waals surface area (Å²) in [5, 5.41) is 8.80. The number of aromatic nitrogens is 3. The van der Waals surface area contributed by atoms with Crippen LogP contribution in [0.1, 0.15) is 24.2 Å². The summed E-state index contributed by atoms with van der Waals surface area (Å²) in [6, 6.07) is 10.8. The second-order valence-corrected chi connectivity index (χ2v) is 7.44. The van der Waals surface area contributed by atoms with Gasteiger partial charge in [0.15, 0.2) is 0 Å². The molecule has 0 aliphatic carbocycles. The summed E-state index contributed by atoms with van der Waals surface area (Å²) in [6.07, 6.45) is 3.38. The summed E-state index contributed by atoms with van der Waals surface area (Å²) in [7, 11) is 0. The van der Waals surface area contributed by atoms with Crippen molar-refractivity contribution in [2.45, 2.75) is 26.4 Å². The minimum Gasteiger partial charge on any atom is -0.350 e. The second-order valence-electron chi connectivity index (χ2n) is 6.39. The molecule has 1 unspecified atom stereocenters. The van der Waals surface area contributed by atoms with Crippen LogP contribution in [0.2, 0.25) is 0 Å². The van der Waals surface area contributed by atoms with Crippen molar-refractivity contribution < 1.29 is 4.79 Å². The number of carbonyl (C=O) groups is 1. The topological polar surface area (TPSA) is 76.9 Å². The van der Waals surface area contributed by atoms with Gasteiger partial charge in [-0.15, -0.1) is 11.3 Å². The van der Waals surface area contributed by atoms with Crippen LogP contribution in [0.4, 0.5) is 0 Å². The van der Waals surface area contributed by atoms with E-state index in [-0.39, 0.29) is 11.5 Å². The maximum atomic E-state index is 13.1. The molecule has 0 spiro atoms. The summed E-state index contributed by atoms with van der Waals surface area (Å²) in [5.41, 5.74) is 1.41. The third kappa shape index (κ3) is 3.10. The van der Waals surface area contributed by atoms with E-state index < -0.39 is 6.04 Å². The van der Waals surface area contributed by atoms with Crippen molar-refractivity contribution in [1.29, 1.82) is 0 Å². The summed E-state index contributed by atoms with van der Waals surface area (Å²) in [4.78, 5) is 29.7. The summed E-state index contributed by atoms with van der Waals surface area (Å²) >= 11 is 1.56. The van der Waals surface area contributed by atoms with Crippen molar-refractivity contribution in [3.63, 3.8) is 0 Å². The smallest absolute Gasteiger partial charge is 0.276 e. The van der Waals surface area contributed by atoms with Gasteiger partial charge in [-0.05, 0) is 31.5 Å². The van der Waals surface area contributed by atoms with Crippen LogP contribution < -0.4 is 10.9 Å². The first kappa shape index (κ1) is 17.4. The molecule has 1 amide bonds. The third-order valence-electron chi connectivity index (χ3n) is 4.54. The van der Waals surface area contributed by atoms with Gasteiger partial charge in [0.25, 0.3) is 5.56 Å². The molecule has 0 aliphatic heterocycles. The Morgan fingerprint density at radius 1 is 1.26 bits per heavy atom. The number of carbonyl (C=O) groups excluding carboxylic acids is 1. The third-order valence-corrected chi connectivity index (χ3v) is 5.82. The van der Waals surface area contributed by atoms with Gasteiger partial charge in [-0.25, -0.2) is 4.68 Å². The zero-order chi connectivity index (χ0) is 19.0. The normalized spacial score (nSPS) is 12.4. The van der Waals surface area contributed by atoms with Crippen LogP contribution in [-0.2, 0) is 11.3 Å². The van der Waals surface area contributed by atoms with Crippen molar-refractivity contribution in [3.05, 3.63) is 70.4 Å². The predicted molar refractivity (Wildman–Crippen MR) is 107 cm³/mol. The van der Waals surface area contributed by atoms with Gasteiger partial charge in [0.05, 0.1) is 15.8 Å². The number of rotatable bonds is 4. The first-order valence-corrected chi connectivity index (χ1v) is 9.45. The van der Waals surface area contributed by atoms with Crippen LogP contribution in [0, 0.1) is 6.92 Å². The molecule has 136 valence electrons. The van der Waals surface area contributed by atoms with Crippen LogP contribution in [0.15, 0.2) is 53.6 Å². The van der Waals surface area contributed by atoms with E-state index in [0.717, 1.165) is 26.0 Å². The Kier molecular flexibility index (Phi) is 4.45. The highest BCUT2D eigenvalue weighted by Crippen LogP contribution is 2.32. The number of nitrogens with one attached hydrogen (secondary N) is 1. The molecule has 3 aromatic heterocycles. The number of hydrogen-bond donors (Lipinski definition) is 1. The van der Waals surface area contributed by atoms with Crippen molar-refractivity contribution in [3.8, 4) is 0 Å². The molecule has 3 heterocycles. The van der Waals surface area contributed by atoms with E-state index in [1.165, 1.54) is 4.68 Å². The summed E-state index contributed by atoms with van der Waals surface area (Å²) in [5.74, 6) is -0.258. The molecule has 0 saturated heterocycles. The Labute approximate surface area is 159 Å². The zero-order valence-electron chi connectivity index (χ0n) is 15.0. The molecule has 1 N–H and O–H groups in total. The molecule has 0 aliphatic rings. The van der Waals surface area contributed by atoms with Crippen LogP contribution in [-0.4, -0.2) is 20.7 Å². The highest BCUT2D eigenvalue weighted by molar-refractivity contribution is 7.26. The average Bonchev–Trinajstić information content (AvgIpc) is 3.09. The maximum absolute atomic E-state index is 13.1. The fourth-order valence-electron chi connectivity index (χ4n) is 3.09. The van der Waals surface area contributed by atoms with Crippen LogP contribution in [0.25, 0.3) is 20.2 Å². The fraction of sp³-hybridized carbons (Fsp3) is 0.200. The Bertz CT molecular complexity index is 1200. The first-order valence-electron chi connectivity index (χ1n) is 8.63.